The molecule has 282 valence electrons. The van der Waals surface area contributed by atoms with Gasteiger partial charge in [-0.15, -0.1) is 0 Å². The minimum absolute atomic E-state index is 0.0252. The summed E-state index contributed by atoms with van der Waals surface area (Å²) in [6.45, 7) is -0.0843. The minimum Gasteiger partial charge on any atom is -0.508 e. The number of amides is 4. The number of nitrogens with zero attached hydrogens (tertiary/aromatic N) is 3. The number of phenolic OH excluding ortho intramolecular Hbond substituents is 1. The van der Waals surface area contributed by atoms with E-state index in [1.165, 1.54) is 12.1 Å². The number of carbonyl (C=O) groups is 4. The van der Waals surface area contributed by atoms with Crippen LogP contribution in [0.25, 0.3) is 10.8 Å². The van der Waals surface area contributed by atoms with Crippen LogP contribution in [0.1, 0.15) is 36.8 Å². The topological polar surface area (TPSA) is 304 Å². The Kier molecular flexibility index (Phi) is 14.3. The summed E-state index contributed by atoms with van der Waals surface area (Å²) in [4.78, 5) is 67.3. The van der Waals surface area contributed by atoms with Crippen molar-refractivity contribution in [3.63, 3.8) is 0 Å². The summed E-state index contributed by atoms with van der Waals surface area (Å²) in [6, 6.07) is 15.5. The van der Waals surface area contributed by atoms with Crippen molar-refractivity contribution < 1.29 is 24.3 Å². The number of hydrogen-bond donors (Lipinski definition) is 10. The van der Waals surface area contributed by atoms with Crippen LogP contribution < -0.4 is 49.9 Å². The molecule has 0 saturated carbocycles. The number of nitrogens with one attached hydrogen (secondary N) is 4. The summed E-state index contributed by atoms with van der Waals surface area (Å²) in [5.41, 5.74) is 29.9. The van der Waals surface area contributed by atoms with Gasteiger partial charge >= 0.3 is 0 Å². The van der Waals surface area contributed by atoms with Crippen LogP contribution in [0, 0.1) is 0 Å². The van der Waals surface area contributed by atoms with E-state index in [1.807, 2.05) is 42.5 Å². The van der Waals surface area contributed by atoms with Gasteiger partial charge < -0.3 is 55.0 Å². The molecule has 0 aliphatic carbocycles. The maximum atomic E-state index is 14.0. The standard InChI is InChI=1S/C36H48N12O5/c37-31-28(19-22-9-12-23-5-1-2-6-24(23)17-22)48-33(52)27(8-4-16-43-36(40)41)46-32(51)26(7-3-15-42-35(38)39)47-34(53)29(45-30(50)20-44-31)18-21-10-13-25(49)14-11-21/h1-2,5-6,9-14,17,26-29,49H,3-4,7-8,15-16,18-20H2,(H2,37,44)(H,45,50)(H,46,51)(H,47,53)(H,48,52)(H4,38,39,42)(H4,40,41,43)/t26-,27-,28+,29+/m0/s1. The Morgan fingerprint density at radius 1 is 0.660 bits per heavy atom. The fourth-order valence-electron chi connectivity index (χ4n) is 5.78. The lowest BCUT2D eigenvalue weighted by Crippen LogP contribution is -2.58. The molecule has 0 unspecified atom stereocenters. The molecule has 4 rings (SSSR count). The maximum Gasteiger partial charge on any atom is 0.243 e. The molecular weight excluding hydrogens is 680 g/mol. The molecule has 17 nitrogen and oxygen atoms in total. The number of amidine groups is 1. The van der Waals surface area contributed by atoms with Crippen LogP contribution in [0.3, 0.4) is 0 Å². The Morgan fingerprint density at radius 3 is 1.75 bits per heavy atom. The predicted octanol–water partition coefficient (Wildman–Crippen LogP) is -1.25. The number of nitrogens with two attached hydrogens (primary N) is 5. The van der Waals surface area contributed by atoms with Gasteiger partial charge in [-0.3, -0.25) is 34.2 Å². The van der Waals surface area contributed by atoms with E-state index < -0.39 is 54.3 Å². The van der Waals surface area contributed by atoms with Gasteiger partial charge in [0.15, 0.2) is 11.9 Å². The molecule has 0 spiro atoms. The number of hydrogen-bond acceptors (Lipinski definition) is 9. The number of aliphatic imine (C=N–C) groups is 3. The van der Waals surface area contributed by atoms with Crippen LogP contribution in [-0.4, -0.2) is 90.3 Å². The normalized spacial score (nSPS) is 20.0. The quantitative estimate of drug-likeness (QED) is 0.0600. The molecule has 1 aliphatic rings. The van der Waals surface area contributed by atoms with Gasteiger partial charge in [-0.25, -0.2) is 0 Å². The van der Waals surface area contributed by atoms with Crippen molar-refractivity contribution in [3.05, 3.63) is 77.9 Å². The van der Waals surface area contributed by atoms with Crippen molar-refractivity contribution in [3.8, 4) is 5.75 Å². The highest BCUT2D eigenvalue weighted by molar-refractivity contribution is 5.97. The largest absolute Gasteiger partial charge is 0.508 e. The zero-order valence-electron chi connectivity index (χ0n) is 29.3. The van der Waals surface area contributed by atoms with Crippen molar-refractivity contribution in [1.29, 1.82) is 0 Å². The van der Waals surface area contributed by atoms with Gasteiger partial charge in [-0.1, -0.05) is 54.6 Å². The second kappa shape index (κ2) is 19.3. The van der Waals surface area contributed by atoms with Gasteiger partial charge in [-0.2, -0.15) is 0 Å². The molecule has 17 heteroatoms. The fourth-order valence-corrected chi connectivity index (χ4v) is 5.78. The number of guanidine groups is 2. The minimum atomic E-state index is -1.15. The Bertz CT molecular complexity index is 1840. The number of rotatable bonds is 12. The highest BCUT2D eigenvalue weighted by Crippen LogP contribution is 2.17. The van der Waals surface area contributed by atoms with Gasteiger partial charge in [0, 0.05) is 19.5 Å². The maximum absolute atomic E-state index is 14.0. The predicted molar refractivity (Wildman–Crippen MR) is 203 cm³/mol. The van der Waals surface area contributed by atoms with Crippen LogP contribution in [0.4, 0.5) is 0 Å². The van der Waals surface area contributed by atoms with Crippen molar-refractivity contribution in [2.75, 3.05) is 19.6 Å². The van der Waals surface area contributed by atoms with Crippen molar-refractivity contribution in [2.24, 2.45) is 43.6 Å². The number of phenols is 1. The van der Waals surface area contributed by atoms with E-state index in [2.05, 4.69) is 36.2 Å². The lowest BCUT2D eigenvalue weighted by molar-refractivity contribution is -0.133. The Balaban J connectivity index is 1.70. The molecule has 0 fully saturated rings. The molecule has 3 aromatic rings. The third kappa shape index (κ3) is 12.7. The molecule has 53 heavy (non-hydrogen) atoms. The van der Waals surface area contributed by atoms with E-state index >= 15 is 0 Å². The van der Waals surface area contributed by atoms with Gasteiger partial charge in [0.1, 0.15) is 36.3 Å². The smallest absolute Gasteiger partial charge is 0.243 e. The second-order valence-electron chi connectivity index (χ2n) is 12.7. The van der Waals surface area contributed by atoms with Gasteiger partial charge in [0.25, 0.3) is 0 Å². The summed E-state index contributed by atoms with van der Waals surface area (Å²) in [7, 11) is 0. The van der Waals surface area contributed by atoms with Crippen molar-refractivity contribution in [2.45, 2.75) is 62.7 Å². The van der Waals surface area contributed by atoms with Crippen molar-refractivity contribution >= 4 is 52.2 Å². The SMILES string of the molecule is NC(N)=NCCC[C@@H]1NC(=O)[C@H](CCCN=C(N)N)NC(=O)[C@@H](Cc2ccc(O)cc2)NC(=O)CN=C(N)[C@@H](Cc2ccc3ccccc3c2)NC1=O. The summed E-state index contributed by atoms with van der Waals surface area (Å²) in [5, 5.41) is 22.9. The fraction of sp³-hybridized carbons (Fsp3) is 0.361. The first-order valence-corrected chi connectivity index (χ1v) is 17.2. The van der Waals surface area contributed by atoms with Crippen LogP contribution in [0.5, 0.6) is 5.75 Å². The number of fused-ring (bicyclic) bond motifs is 1. The van der Waals surface area contributed by atoms with E-state index in [9.17, 15) is 24.3 Å². The van der Waals surface area contributed by atoms with Crippen LogP contribution in [0.2, 0.25) is 0 Å². The summed E-state index contributed by atoms with van der Waals surface area (Å²) in [6.07, 6.45) is 1.09. The molecule has 1 aliphatic heterocycles. The molecule has 4 atom stereocenters. The van der Waals surface area contributed by atoms with E-state index in [0.29, 0.717) is 18.4 Å². The third-order valence-corrected chi connectivity index (χ3v) is 8.52. The second-order valence-corrected chi connectivity index (χ2v) is 12.7. The average Bonchev–Trinajstić information content (AvgIpc) is 3.12. The summed E-state index contributed by atoms with van der Waals surface area (Å²) in [5.74, 6) is -2.75. The Morgan fingerprint density at radius 2 is 1.17 bits per heavy atom. The molecule has 1 heterocycles. The molecule has 0 radical (unpaired) electrons. The molecule has 0 aromatic heterocycles. The van der Waals surface area contributed by atoms with Gasteiger partial charge in [0.2, 0.25) is 23.6 Å². The molecule has 3 aromatic carbocycles. The van der Waals surface area contributed by atoms with Crippen LogP contribution in [0.15, 0.2) is 81.7 Å². The van der Waals surface area contributed by atoms with E-state index in [1.54, 1.807) is 12.1 Å². The van der Waals surface area contributed by atoms with Crippen molar-refractivity contribution in [1.82, 2.24) is 21.3 Å². The molecule has 0 saturated heterocycles. The number of aromatic hydroxyl groups is 1. The highest BCUT2D eigenvalue weighted by Gasteiger charge is 2.31. The third-order valence-electron chi connectivity index (χ3n) is 8.52. The zero-order valence-corrected chi connectivity index (χ0v) is 29.3. The van der Waals surface area contributed by atoms with Gasteiger partial charge in [0.05, 0.1) is 6.04 Å². The summed E-state index contributed by atoms with van der Waals surface area (Å²) >= 11 is 0. The van der Waals surface area contributed by atoms with Crippen LogP contribution >= 0.6 is 0 Å². The highest BCUT2D eigenvalue weighted by atomic mass is 16.3. The van der Waals surface area contributed by atoms with E-state index in [0.717, 1.165) is 16.3 Å². The Hall–Kier alpha value is -6.39. The Labute approximate surface area is 306 Å². The first-order chi connectivity index (χ1) is 25.4. The number of carbonyl (C=O) groups excluding carboxylic acids is 4. The molecule has 0 bridgehead atoms. The lowest BCUT2D eigenvalue weighted by Gasteiger charge is -2.26. The van der Waals surface area contributed by atoms with E-state index in [-0.39, 0.29) is 62.3 Å². The first kappa shape index (κ1) is 39.4. The van der Waals surface area contributed by atoms with Crippen LogP contribution in [-0.2, 0) is 32.0 Å². The lowest BCUT2D eigenvalue weighted by atomic mass is 10.00. The summed E-state index contributed by atoms with van der Waals surface area (Å²) < 4.78 is 0. The van der Waals surface area contributed by atoms with Gasteiger partial charge in [-0.05, 0) is 66.1 Å². The molecule has 15 N–H and O–H groups in total. The first-order valence-electron chi connectivity index (χ1n) is 17.2. The van der Waals surface area contributed by atoms with E-state index in [4.69, 9.17) is 28.7 Å². The monoisotopic (exact) mass is 728 g/mol. The average molecular weight is 729 g/mol. The zero-order chi connectivity index (χ0) is 38.3. The molecular formula is C36H48N12O5. The number of benzene rings is 3. The molecule has 4 amide bonds.